The predicted molar refractivity (Wildman–Crippen MR) is 75.8 cm³/mol. The Bertz CT molecular complexity index is 278. The first-order valence-corrected chi connectivity index (χ1v) is 7.45. The lowest BCUT2D eigenvalue weighted by atomic mass is 9.64. The van der Waals surface area contributed by atoms with Crippen molar-refractivity contribution in [2.75, 3.05) is 26.7 Å². The minimum Gasteiger partial charge on any atom is -0.377 e. The molecular formula is C15H30N2O. The molecule has 3 unspecified atom stereocenters. The van der Waals surface area contributed by atoms with Gasteiger partial charge in [-0.15, -0.1) is 0 Å². The molecule has 1 heterocycles. The van der Waals surface area contributed by atoms with Crippen molar-refractivity contribution >= 4 is 0 Å². The van der Waals surface area contributed by atoms with E-state index in [4.69, 9.17) is 4.74 Å². The number of nitrogens with one attached hydrogen (secondary N) is 1. The Morgan fingerprint density at radius 1 is 1.39 bits per heavy atom. The fourth-order valence-corrected chi connectivity index (χ4v) is 3.12. The quantitative estimate of drug-likeness (QED) is 0.813. The van der Waals surface area contributed by atoms with Crippen LogP contribution in [0.2, 0.25) is 0 Å². The second-order valence-corrected chi connectivity index (χ2v) is 7.24. The molecule has 2 rings (SSSR count). The average Bonchev–Trinajstić information content (AvgIpc) is 2.68. The number of rotatable bonds is 5. The van der Waals surface area contributed by atoms with Gasteiger partial charge in [-0.25, -0.2) is 0 Å². The lowest BCUT2D eigenvalue weighted by Crippen LogP contribution is -2.63. The molecule has 0 aromatic heterocycles. The van der Waals surface area contributed by atoms with Gasteiger partial charge in [0.15, 0.2) is 0 Å². The highest BCUT2D eigenvalue weighted by molar-refractivity contribution is 5.04. The van der Waals surface area contributed by atoms with E-state index in [1.165, 1.54) is 25.9 Å². The van der Waals surface area contributed by atoms with E-state index in [9.17, 15) is 0 Å². The Kier molecular flexibility index (Phi) is 4.35. The first-order chi connectivity index (χ1) is 8.39. The van der Waals surface area contributed by atoms with Gasteiger partial charge in [-0.2, -0.15) is 0 Å². The molecule has 1 saturated heterocycles. The molecule has 1 aliphatic carbocycles. The number of ether oxygens (including phenoxy) is 1. The van der Waals surface area contributed by atoms with Crippen LogP contribution in [0.15, 0.2) is 0 Å². The first kappa shape index (κ1) is 14.3. The lowest BCUT2D eigenvalue weighted by Gasteiger charge is -2.53. The van der Waals surface area contributed by atoms with Crippen LogP contribution in [0.25, 0.3) is 0 Å². The van der Waals surface area contributed by atoms with Crippen molar-refractivity contribution in [2.45, 2.75) is 58.7 Å². The fourth-order valence-electron chi connectivity index (χ4n) is 3.12. The summed E-state index contributed by atoms with van der Waals surface area (Å²) in [6.07, 6.45) is 2.91. The van der Waals surface area contributed by atoms with E-state index in [-0.39, 0.29) is 5.41 Å². The minimum atomic E-state index is 0.288. The third-order valence-corrected chi connectivity index (χ3v) is 4.64. The maximum atomic E-state index is 6.02. The molecule has 1 N–H and O–H groups in total. The van der Waals surface area contributed by atoms with E-state index in [2.05, 4.69) is 45.0 Å². The van der Waals surface area contributed by atoms with Gasteiger partial charge in [0.2, 0.25) is 0 Å². The molecule has 106 valence electrons. The van der Waals surface area contributed by atoms with Crippen LogP contribution in [0.5, 0.6) is 0 Å². The predicted octanol–water partition coefficient (Wildman–Crippen LogP) is 2.12. The van der Waals surface area contributed by atoms with Crippen LogP contribution < -0.4 is 5.32 Å². The number of hydrogen-bond acceptors (Lipinski definition) is 3. The Morgan fingerprint density at radius 3 is 2.61 bits per heavy atom. The summed E-state index contributed by atoms with van der Waals surface area (Å²) >= 11 is 0. The van der Waals surface area contributed by atoms with Gasteiger partial charge in [0.1, 0.15) is 0 Å². The van der Waals surface area contributed by atoms with Crippen molar-refractivity contribution < 1.29 is 4.74 Å². The minimum absolute atomic E-state index is 0.288. The average molecular weight is 254 g/mol. The zero-order valence-electron chi connectivity index (χ0n) is 12.7. The molecule has 2 aliphatic rings. The summed E-state index contributed by atoms with van der Waals surface area (Å²) < 4.78 is 6.02. The second-order valence-electron chi connectivity index (χ2n) is 7.24. The maximum absolute atomic E-state index is 6.02. The van der Waals surface area contributed by atoms with Crippen molar-refractivity contribution in [3.8, 4) is 0 Å². The monoisotopic (exact) mass is 254 g/mol. The van der Waals surface area contributed by atoms with Crippen LogP contribution in [0, 0.1) is 11.3 Å². The molecule has 1 saturated carbocycles. The number of likely N-dealkylation sites (N-methyl/N-ethyl adjacent to an activating group) is 1. The summed E-state index contributed by atoms with van der Waals surface area (Å²) in [5, 5.41) is 3.83. The largest absolute Gasteiger partial charge is 0.377 e. The highest BCUT2D eigenvalue weighted by atomic mass is 16.5. The zero-order chi connectivity index (χ0) is 13.3. The molecule has 1 aliphatic heterocycles. The van der Waals surface area contributed by atoms with Crippen LogP contribution in [0.4, 0.5) is 0 Å². The second kappa shape index (κ2) is 5.48. The van der Waals surface area contributed by atoms with E-state index in [0.717, 1.165) is 6.61 Å². The van der Waals surface area contributed by atoms with Gasteiger partial charge in [-0.1, -0.05) is 27.7 Å². The van der Waals surface area contributed by atoms with E-state index < -0.39 is 0 Å². The molecule has 0 spiro atoms. The standard InChI is InChI=1S/C15H30N2O/c1-11(2)10-18-14-8-13(15(14,3)4)16-12-6-7-17(5)9-12/h11-14,16H,6-10H2,1-5H3. The topological polar surface area (TPSA) is 24.5 Å². The SMILES string of the molecule is CC(C)COC1CC(NC2CCN(C)C2)C1(C)C. The molecule has 0 aromatic rings. The molecule has 0 amide bonds. The van der Waals surface area contributed by atoms with Crippen LogP contribution in [0.1, 0.15) is 40.5 Å². The highest BCUT2D eigenvalue weighted by Gasteiger charge is 2.49. The Balaban J connectivity index is 1.76. The van der Waals surface area contributed by atoms with Gasteiger partial charge >= 0.3 is 0 Å². The molecule has 2 fully saturated rings. The summed E-state index contributed by atoms with van der Waals surface area (Å²) in [7, 11) is 2.21. The van der Waals surface area contributed by atoms with Gasteiger partial charge in [-0.3, -0.25) is 0 Å². The summed E-state index contributed by atoms with van der Waals surface area (Å²) in [6.45, 7) is 12.5. The Morgan fingerprint density at radius 2 is 2.11 bits per heavy atom. The first-order valence-electron chi connectivity index (χ1n) is 7.45. The van der Waals surface area contributed by atoms with Gasteiger partial charge in [0.25, 0.3) is 0 Å². The fraction of sp³-hybridized carbons (Fsp3) is 1.00. The van der Waals surface area contributed by atoms with Gasteiger partial charge < -0.3 is 15.0 Å². The van der Waals surface area contributed by atoms with Crippen LogP contribution >= 0.6 is 0 Å². The Labute approximate surface area is 112 Å². The number of nitrogens with zero attached hydrogens (tertiary/aromatic N) is 1. The van der Waals surface area contributed by atoms with Gasteiger partial charge in [0, 0.05) is 30.7 Å². The van der Waals surface area contributed by atoms with E-state index in [0.29, 0.717) is 24.1 Å². The Hall–Kier alpha value is -0.120. The highest BCUT2D eigenvalue weighted by Crippen LogP contribution is 2.43. The summed E-state index contributed by atoms with van der Waals surface area (Å²) in [5.41, 5.74) is 0.288. The van der Waals surface area contributed by atoms with Crippen molar-refractivity contribution in [3.05, 3.63) is 0 Å². The smallest absolute Gasteiger partial charge is 0.0656 e. The summed E-state index contributed by atoms with van der Waals surface area (Å²) in [5.74, 6) is 0.635. The van der Waals surface area contributed by atoms with Crippen molar-refractivity contribution in [1.82, 2.24) is 10.2 Å². The van der Waals surface area contributed by atoms with Crippen LogP contribution in [-0.4, -0.2) is 49.8 Å². The molecule has 18 heavy (non-hydrogen) atoms. The third kappa shape index (κ3) is 3.06. The molecule has 0 bridgehead atoms. The molecule has 3 nitrogen and oxygen atoms in total. The summed E-state index contributed by atoms with van der Waals surface area (Å²) in [4.78, 5) is 2.41. The molecule has 0 radical (unpaired) electrons. The maximum Gasteiger partial charge on any atom is 0.0656 e. The van der Waals surface area contributed by atoms with Crippen LogP contribution in [0.3, 0.4) is 0 Å². The van der Waals surface area contributed by atoms with E-state index >= 15 is 0 Å². The van der Waals surface area contributed by atoms with Crippen molar-refractivity contribution in [2.24, 2.45) is 11.3 Å². The normalized spacial score (nSPS) is 36.0. The third-order valence-electron chi connectivity index (χ3n) is 4.64. The van der Waals surface area contributed by atoms with E-state index in [1.54, 1.807) is 0 Å². The zero-order valence-corrected chi connectivity index (χ0v) is 12.7. The van der Waals surface area contributed by atoms with E-state index in [1.807, 2.05) is 0 Å². The summed E-state index contributed by atoms with van der Waals surface area (Å²) in [6, 6.07) is 1.32. The number of likely N-dealkylation sites (tertiary alicyclic amines) is 1. The number of hydrogen-bond donors (Lipinski definition) is 1. The van der Waals surface area contributed by atoms with Crippen LogP contribution in [-0.2, 0) is 4.74 Å². The lowest BCUT2D eigenvalue weighted by molar-refractivity contribution is -0.125. The molecule has 3 atom stereocenters. The van der Waals surface area contributed by atoms with Gasteiger partial charge in [-0.05, 0) is 32.4 Å². The molecule has 0 aromatic carbocycles. The van der Waals surface area contributed by atoms with Crippen molar-refractivity contribution in [1.29, 1.82) is 0 Å². The van der Waals surface area contributed by atoms with Gasteiger partial charge in [0.05, 0.1) is 6.10 Å². The molecule has 3 heteroatoms. The van der Waals surface area contributed by atoms with Crippen molar-refractivity contribution in [3.63, 3.8) is 0 Å². The molecular weight excluding hydrogens is 224 g/mol.